The molecular formula is C13H17ClN4. The summed E-state index contributed by atoms with van der Waals surface area (Å²) >= 11 is 6.17. The van der Waals surface area contributed by atoms with E-state index in [1.165, 1.54) is 0 Å². The van der Waals surface area contributed by atoms with Gasteiger partial charge < -0.3 is 5.32 Å². The van der Waals surface area contributed by atoms with E-state index in [0.29, 0.717) is 5.15 Å². The lowest BCUT2D eigenvalue weighted by Gasteiger charge is -2.00. The Kier molecular flexibility index (Phi) is 3.99. The van der Waals surface area contributed by atoms with Crippen LogP contribution in [-0.4, -0.2) is 27.9 Å². The second kappa shape index (κ2) is 5.50. The summed E-state index contributed by atoms with van der Waals surface area (Å²) < 4.78 is 1.75. The molecule has 5 heteroatoms. The Labute approximate surface area is 112 Å². The molecule has 0 spiro atoms. The molecule has 2 heterocycles. The summed E-state index contributed by atoms with van der Waals surface area (Å²) in [6.45, 7) is 5.84. The van der Waals surface area contributed by atoms with Crippen molar-refractivity contribution in [1.29, 1.82) is 0 Å². The van der Waals surface area contributed by atoms with E-state index >= 15 is 0 Å². The van der Waals surface area contributed by atoms with Gasteiger partial charge in [0.1, 0.15) is 5.15 Å². The van der Waals surface area contributed by atoms with Crippen molar-refractivity contribution in [2.45, 2.75) is 13.8 Å². The van der Waals surface area contributed by atoms with Gasteiger partial charge in [-0.3, -0.25) is 4.68 Å². The summed E-state index contributed by atoms with van der Waals surface area (Å²) in [7, 11) is 1.87. The number of halogens is 1. The number of nitrogens with zero attached hydrogens (tertiary/aromatic N) is 3. The van der Waals surface area contributed by atoms with Crippen LogP contribution in [0.1, 0.15) is 18.2 Å². The lowest BCUT2D eigenvalue weighted by atomic mass is 10.2. The van der Waals surface area contributed by atoms with Gasteiger partial charge in [0.05, 0.1) is 5.69 Å². The average molecular weight is 265 g/mol. The van der Waals surface area contributed by atoms with Crippen LogP contribution >= 0.6 is 11.6 Å². The zero-order valence-electron chi connectivity index (χ0n) is 10.9. The molecule has 4 nitrogen and oxygen atoms in total. The third-order valence-electron chi connectivity index (χ3n) is 2.79. The van der Waals surface area contributed by atoms with E-state index < -0.39 is 0 Å². The van der Waals surface area contributed by atoms with Crippen LogP contribution < -0.4 is 5.32 Å². The molecule has 0 bridgehead atoms. The number of aromatic nitrogens is 3. The summed E-state index contributed by atoms with van der Waals surface area (Å²) in [5.41, 5.74) is 2.72. The van der Waals surface area contributed by atoms with Gasteiger partial charge in [-0.25, -0.2) is 4.98 Å². The number of hydrogen-bond acceptors (Lipinski definition) is 3. The van der Waals surface area contributed by atoms with E-state index in [1.54, 1.807) is 4.68 Å². The molecule has 0 atom stereocenters. The molecule has 18 heavy (non-hydrogen) atoms. The highest BCUT2D eigenvalue weighted by Crippen LogP contribution is 2.23. The van der Waals surface area contributed by atoms with E-state index in [2.05, 4.69) is 22.3 Å². The van der Waals surface area contributed by atoms with Gasteiger partial charge in [0.15, 0.2) is 5.65 Å². The van der Waals surface area contributed by atoms with Gasteiger partial charge in [-0.15, -0.1) is 0 Å². The Balaban J connectivity index is 2.37. The summed E-state index contributed by atoms with van der Waals surface area (Å²) in [6.07, 6.45) is 4.04. The fourth-order valence-electron chi connectivity index (χ4n) is 1.87. The molecule has 96 valence electrons. The molecule has 0 aliphatic carbocycles. The minimum absolute atomic E-state index is 0.512. The molecule has 0 saturated heterocycles. The quantitative estimate of drug-likeness (QED) is 0.682. The molecule has 0 unspecified atom stereocenters. The third-order valence-corrected chi connectivity index (χ3v) is 3.09. The highest BCUT2D eigenvalue weighted by atomic mass is 35.5. The van der Waals surface area contributed by atoms with Crippen LogP contribution in [0, 0.1) is 6.92 Å². The van der Waals surface area contributed by atoms with Gasteiger partial charge in [0.25, 0.3) is 0 Å². The summed E-state index contributed by atoms with van der Waals surface area (Å²) in [6, 6.07) is 2.04. The smallest absolute Gasteiger partial charge is 0.159 e. The van der Waals surface area contributed by atoms with Crippen LogP contribution in [-0.2, 0) is 7.05 Å². The Morgan fingerprint density at radius 2 is 2.28 bits per heavy atom. The maximum absolute atomic E-state index is 6.17. The van der Waals surface area contributed by atoms with E-state index in [-0.39, 0.29) is 0 Å². The first-order chi connectivity index (χ1) is 8.63. The normalized spacial score (nSPS) is 11.8. The van der Waals surface area contributed by atoms with Crippen molar-refractivity contribution in [3.63, 3.8) is 0 Å². The van der Waals surface area contributed by atoms with Crippen LogP contribution in [0.4, 0.5) is 0 Å². The molecule has 2 rings (SSSR count). The molecule has 0 fully saturated rings. The minimum Gasteiger partial charge on any atom is -0.314 e. The van der Waals surface area contributed by atoms with Crippen LogP contribution in [0.5, 0.6) is 0 Å². The summed E-state index contributed by atoms with van der Waals surface area (Å²) in [5, 5.41) is 9.12. The van der Waals surface area contributed by atoms with Gasteiger partial charge >= 0.3 is 0 Å². The largest absolute Gasteiger partial charge is 0.314 e. The van der Waals surface area contributed by atoms with Crippen molar-refractivity contribution in [3.8, 4) is 0 Å². The van der Waals surface area contributed by atoms with Crippen LogP contribution in [0.25, 0.3) is 17.1 Å². The van der Waals surface area contributed by atoms with Gasteiger partial charge in [-0.1, -0.05) is 30.7 Å². The predicted octanol–water partition coefficient (Wildman–Crippen LogP) is 2.55. The van der Waals surface area contributed by atoms with Gasteiger partial charge in [-0.2, -0.15) is 5.10 Å². The van der Waals surface area contributed by atoms with Gasteiger partial charge in [-0.05, 0) is 19.5 Å². The molecule has 1 N–H and O–H groups in total. The molecule has 0 amide bonds. The minimum atomic E-state index is 0.512. The van der Waals surface area contributed by atoms with Gasteiger partial charge in [0, 0.05) is 24.5 Å². The molecule has 0 aliphatic rings. The van der Waals surface area contributed by atoms with Crippen molar-refractivity contribution in [3.05, 3.63) is 28.6 Å². The first kappa shape index (κ1) is 13.1. The van der Waals surface area contributed by atoms with Crippen molar-refractivity contribution in [2.24, 2.45) is 7.05 Å². The van der Waals surface area contributed by atoms with Crippen molar-refractivity contribution in [1.82, 2.24) is 20.1 Å². The van der Waals surface area contributed by atoms with Crippen LogP contribution in [0.15, 0.2) is 12.1 Å². The summed E-state index contributed by atoms with van der Waals surface area (Å²) in [4.78, 5) is 4.39. The first-order valence-electron chi connectivity index (χ1n) is 6.00. The highest BCUT2D eigenvalue weighted by Gasteiger charge is 2.09. The average Bonchev–Trinajstić information content (AvgIpc) is 2.60. The number of hydrogen-bond donors (Lipinski definition) is 1. The molecule has 0 aromatic carbocycles. The SMILES string of the molecule is CCNCC=Cc1cc2c(C)nn(C)c2nc1Cl. The molecule has 2 aromatic rings. The standard InChI is InChI=1S/C13H17ClN4/c1-4-15-7-5-6-10-8-11-9(2)17-18(3)13(11)16-12(10)14/h5-6,8,15H,4,7H2,1-3H3. The molecule has 2 aromatic heterocycles. The van der Waals surface area contributed by atoms with Gasteiger partial charge in [0.2, 0.25) is 0 Å². The maximum atomic E-state index is 6.17. The predicted molar refractivity (Wildman–Crippen MR) is 75.8 cm³/mol. The Bertz CT molecular complexity index is 586. The fraction of sp³-hybridized carbons (Fsp3) is 0.385. The lowest BCUT2D eigenvalue weighted by molar-refractivity contribution is 0.774. The second-order valence-corrected chi connectivity index (χ2v) is 4.52. The van der Waals surface area contributed by atoms with E-state index in [0.717, 1.165) is 35.4 Å². The van der Waals surface area contributed by atoms with E-state index in [9.17, 15) is 0 Å². The number of likely N-dealkylation sites (N-methyl/N-ethyl adjacent to an activating group) is 1. The zero-order valence-corrected chi connectivity index (χ0v) is 11.6. The number of fused-ring (bicyclic) bond motifs is 1. The molecule has 0 saturated carbocycles. The molecule has 0 aliphatic heterocycles. The van der Waals surface area contributed by atoms with E-state index in [4.69, 9.17) is 11.6 Å². The Hall–Kier alpha value is -1.39. The second-order valence-electron chi connectivity index (χ2n) is 4.16. The maximum Gasteiger partial charge on any atom is 0.159 e. The van der Waals surface area contributed by atoms with Crippen LogP contribution in [0.2, 0.25) is 5.15 Å². The zero-order chi connectivity index (χ0) is 13.1. The van der Waals surface area contributed by atoms with Crippen molar-refractivity contribution in [2.75, 3.05) is 13.1 Å². The number of pyridine rings is 1. The lowest BCUT2D eigenvalue weighted by Crippen LogP contribution is -2.11. The number of aryl methyl sites for hydroxylation is 2. The summed E-state index contributed by atoms with van der Waals surface area (Å²) in [5.74, 6) is 0. The third kappa shape index (κ3) is 2.54. The van der Waals surface area contributed by atoms with Crippen LogP contribution in [0.3, 0.4) is 0 Å². The van der Waals surface area contributed by atoms with Crippen molar-refractivity contribution < 1.29 is 0 Å². The number of rotatable bonds is 4. The highest BCUT2D eigenvalue weighted by molar-refractivity contribution is 6.31. The van der Waals surface area contributed by atoms with Crippen molar-refractivity contribution >= 4 is 28.7 Å². The Morgan fingerprint density at radius 3 is 3.00 bits per heavy atom. The number of nitrogens with one attached hydrogen (secondary N) is 1. The van der Waals surface area contributed by atoms with E-state index in [1.807, 2.05) is 32.2 Å². The molecule has 0 radical (unpaired) electrons. The Morgan fingerprint density at radius 1 is 1.50 bits per heavy atom. The molecular weight excluding hydrogens is 248 g/mol. The fourth-order valence-corrected chi connectivity index (χ4v) is 2.06. The monoisotopic (exact) mass is 264 g/mol. The first-order valence-corrected chi connectivity index (χ1v) is 6.38. The topological polar surface area (TPSA) is 42.7 Å².